The minimum atomic E-state index is -0.650. The molecule has 3 rings (SSSR count). The van der Waals surface area contributed by atoms with E-state index in [2.05, 4.69) is 32.9 Å². The summed E-state index contributed by atoms with van der Waals surface area (Å²) in [6, 6.07) is 14.9. The second kappa shape index (κ2) is 10.1. The molecule has 30 heavy (non-hydrogen) atoms. The zero-order valence-corrected chi connectivity index (χ0v) is 18.2. The van der Waals surface area contributed by atoms with Crippen molar-refractivity contribution in [3.8, 4) is 5.75 Å². The highest BCUT2D eigenvalue weighted by molar-refractivity contribution is 14.1. The number of ether oxygens (including phenoxy) is 2. The molecule has 0 aliphatic carbocycles. The van der Waals surface area contributed by atoms with E-state index in [4.69, 9.17) is 9.47 Å². The van der Waals surface area contributed by atoms with Crippen molar-refractivity contribution in [1.29, 1.82) is 0 Å². The number of carbonyl (C=O) groups is 1. The first-order valence-electron chi connectivity index (χ1n) is 9.00. The number of nitrogens with one attached hydrogen (secondary N) is 1. The van der Waals surface area contributed by atoms with Crippen molar-refractivity contribution in [1.82, 2.24) is 9.55 Å². The number of imidazole rings is 1. The Morgan fingerprint density at radius 1 is 1.27 bits per heavy atom. The van der Waals surface area contributed by atoms with Gasteiger partial charge < -0.3 is 19.6 Å². The average molecular weight is 522 g/mol. The van der Waals surface area contributed by atoms with Gasteiger partial charge in [0.15, 0.2) is 5.82 Å². The van der Waals surface area contributed by atoms with Gasteiger partial charge in [-0.1, -0.05) is 12.1 Å². The number of nitrogens with zero attached hydrogens (tertiary/aromatic N) is 3. The molecule has 0 unspecified atom stereocenters. The Morgan fingerprint density at radius 2 is 2.03 bits per heavy atom. The summed E-state index contributed by atoms with van der Waals surface area (Å²) in [4.78, 5) is 26.3. The van der Waals surface area contributed by atoms with Gasteiger partial charge in [-0.3, -0.25) is 5.32 Å². The Bertz CT molecular complexity index is 1040. The molecule has 1 amide bonds. The van der Waals surface area contributed by atoms with Gasteiger partial charge in [0.05, 0.1) is 0 Å². The number of amides is 1. The van der Waals surface area contributed by atoms with Crippen LogP contribution in [0.5, 0.6) is 5.75 Å². The number of halogens is 1. The molecule has 0 aliphatic heterocycles. The number of aryl methyl sites for hydroxylation is 1. The molecule has 0 fully saturated rings. The lowest BCUT2D eigenvalue weighted by atomic mass is 10.2. The molecule has 2 aromatic carbocycles. The van der Waals surface area contributed by atoms with Gasteiger partial charge in [-0.15, -0.1) is 0 Å². The molecule has 1 N–H and O–H groups in total. The van der Waals surface area contributed by atoms with Crippen molar-refractivity contribution < 1.29 is 19.2 Å². The first-order valence-corrected chi connectivity index (χ1v) is 10.1. The largest absolute Gasteiger partial charge is 0.489 e. The molecular weight excluding hydrogens is 503 g/mol. The minimum Gasteiger partial charge on any atom is -0.489 e. The van der Waals surface area contributed by atoms with Crippen LogP contribution in [0.25, 0.3) is 0 Å². The van der Waals surface area contributed by atoms with Crippen molar-refractivity contribution in [2.24, 2.45) is 0 Å². The van der Waals surface area contributed by atoms with Gasteiger partial charge in [0.1, 0.15) is 31.7 Å². The zero-order chi connectivity index (χ0) is 21.5. The molecule has 0 spiro atoms. The van der Waals surface area contributed by atoms with Crippen LogP contribution in [0.3, 0.4) is 0 Å². The number of rotatable bonds is 8. The maximum absolute atomic E-state index is 11.9. The lowest BCUT2D eigenvalue weighted by molar-refractivity contribution is -0.392. The molecule has 1 heterocycles. The molecule has 1 aromatic heterocycles. The summed E-state index contributed by atoms with van der Waals surface area (Å²) in [7, 11) is 0. The quantitative estimate of drug-likeness (QED) is 0.265. The number of hydrogen-bond acceptors (Lipinski definition) is 6. The number of carbonyl (C=O) groups excluding carboxylic acids is 1. The highest BCUT2D eigenvalue weighted by atomic mass is 127. The maximum atomic E-state index is 11.9. The lowest BCUT2D eigenvalue weighted by Gasteiger charge is -2.09. The molecule has 10 heteroatoms. The Kier molecular flexibility index (Phi) is 7.22. The third kappa shape index (κ3) is 5.92. The van der Waals surface area contributed by atoms with Gasteiger partial charge >= 0.3 is 11.9 Å². The van der Waals surface area contributed by atoms with E-state index >= 15 is 0 Å². The first kappa shape index (κ1) is 21.6. The van der Waals surface area contributed by atoms with Gasteiger partial charge in [0.25, 0.3) is 0 Å². The summed E-state index contributed by atoms with van der Waals surface area (Å²) in [5, 5.41) is 13.6. The van der Waals surface area contributed by atoms with E-state index in [1.54, 1.807) is 31.2 Å². The summed E-state index contributed by atoms with van der Waals surface area (Å²) in [6.45, 7) is 2.21. The second-order valence-electron chi connectivity index (χ2n) is 6.28. The van der Waals surface area contributed by atoms with E-state index in [-0.39, 0.29) is 19.0 Å². The monoisotopic (exact) mass is 522 g/mol. The highest BCUT2D eigenvalue weighted by Gasteiger charge is 2.17. The fourth-order valence-corrected chi connectivity index (χ4v) is 3.30. The summed E-state index contributed by atoms with van der Waals surface area (Å²) in [5.41, 5.74) is 1.62. The van der Waals surface area contributed by atoms with Crippen LogP contribution in [0.15, 0.2) is 54.7 Å². The third-order valence-electron chi connectivity index (χ3n) is 4.16. The van der Waals surface area contributed by atoms with Crippen molar-refractivity contribution in [2.45, 2.75) is 20.1 Å². The van der Waals surface area contributed by atoms with E-state index in [9.17, 15) is 14.9 Å². The molecular formula is C20H19IN4O5. The first-order chi connectivity index (χ1) is 14.4. The van der Waals surface area contributed by atoms with Gasteiger partial charge in [-0.05, 0) is 69.5 Å². The van der Waals surface area contributed by atoms with E-state index in [0.717, 1.165) is 9.13 Å². The zero-order valence-electron chi connectivity index (χ0n) is 16.1. The summed E-state index contributed by atoms with van der Waals surface area (Å²) >= 11 is 2.25. The Morgan fingerprint density at radius 3 is 2.73 bits per heavy atom. The number of hydrogen-bond donors (Lipinski definition) is 1. The van der Waals surface area contributed by atoms with Crippen molar-refractivity contribution in [3.63, 3.8) is 0 Å². The fourth-order valence-electron chi connectivity index (χ4n) is 2.69. The standard InChI is InChI=1S/C20H19IN4O5/c1-14-22-12-19(25(27)28)24(14)9-10-29-20(26)23-17-5-7-18(8-6-17)30-13-15-3-2-4-16(21)11-15/h2-8,11-12H,9-10,13H2,1H3,(H,23,26). The topological polar surface area (TPSA) is 109 Å². The normalized spacial score (nSPS) is 10.5. The number of benzene rings is 2. The van der Waals surface area contributed by atoms with Crippen LogP contribution in [0.1, 0.15) is 11.4 Å². The Balaban J connectivity index is 1.45. The van der Waals surface area contributed by atoms with E-state index in [1.165, 1.54) is 10.8 Å². The lowest BCUT2D eigenvalue weighted by Crippen LogP contribution is -2.18. The van der Waals surface area contributed by atoms with Crippen LogP contribution in [0, 0.1) is 20.6 Å². The van der Waals surface area contributed by atoms with Crippen LogP contribution in [0.2, 0.25) is 0 Å². The van der Waals surface area contributed by atoms with E-state index in [1.807, 2.05) is 24.3 Å². The molecule has 0 bridgehead atoms. The van der Waals surface area contributed by atoms with E-state index < -0.39 is 11.0 Å². The third-order valence-corrected chi connectivity index (χ3v) is 4.84. The Labute approximate surface area is 186 Å². The molecule has 3 aromatic rings. The summed E-state index contributed by atoms with van der Waals surface area (Å²) < 4.78 is 13.4. The van der Waals surface area contributed by atoms with Gasteiger partial charge in [-0.2, -0.15) is 0 Å². The van der Waals surface area contributed by atoms with Crippen LogP contribution in [-0.2, 0) is 17.9 Å². The average Bonchev–Trinajstić information content (AvgIpc) is 3.08. The predicted molar refractivity (Wildman–Crippen MR) is 119 cm³/mol. The molecule has 0 saturated carbocycles. The van der Waals surface area contributed by atoms with Gasteiger partial charge in [-0.25, -0.2) is 14.3 Å². The highest BCUT2D eigenvalue weighted by Crippen LogP contribution is 2.18. The van der Waals surface area contributed by atoms with Crippen LogP contribution in [0.4, 0.5) is 16.3 Å². The minimum absolute atomic E-state index is 0.0268. The maximum Gasteiger partial charge on any atom is 0.411 e. The SMILES string of the molecule is Cc1ncc([N+](=O)[O-])n1CCOC(=O)Nc1ccc(OCc2cccc(I)c2)cc1. The van der Waals surface area contributed by atoms with Crippen LogP contribution < -0.4 is 10.1 Å². The molecule has 0 atom stereocenters. The van der Waals surface area contributed by atoms with Crippen LogP contribution >= 0.6 is 22.6 Å². The van der Waals surface area contributed by atoms with Gasteiger partial charge in [0, 0.05) is 16.2 Å². The Hall–Kier alpha value is -3.15. The van der Waals surface area contributed by atoms with E-state index in [0.29, 0.717) is 23.9 Å². The second-order valence-corrected chi connectivity index (χ2v) is 7.52. The smallest absolute Gasteiger partial charge is 0.411 e. The van der Waals surface area contributed by atoms with Crippen molar-refractivity contribution in [2.75, 3.05) is 11.9 Å². The molecule has 0 aliphatic rings. The molecule has 156 valence electrons. The molecule has 0 saturated heterocycles. The molecule has 9 nitrogen and oxygen atoms in total. The summed E-state index contributed by atoms with van der Waals surface area (Å²) in [6.07, 6.45) is 0.528. The number of nitro groups is 1. The van der Waals surface area contributed by atoms with Crippen molar-refractivity contribution in [3.05, 3.63) is 79.8 Å². The van der Waals surface area contributed by atoms with Crippen LogP contribution in [-0.4, -0.2) is 27.2 Å². The predicted octanol–water partition coefficient (Wildman–Crippen LogP) is 4.53. The number of aromatic nitrogens is 2. The fraction of sp³-hybridized carbons (Fsp3) is 0.200. The van der Waals surface area contributed by atoms with Crippen molar-refractivity contribution >= 4 is 40.2 Å². The van der Waals surface area contributed by atoms with Gasteiger partial charge in [0.2, 0.25) is 0 Å². The summed E-state index contributed by atoms with van der Waals surface area (Å²) in [5.74, 6) is 1.01. The number of anilines is 1. The molecule has 0 radical (unpaired) electrons.